The quantitative estimate of drug-likeness (QED) is 0.497. The molecule has 25 heavy (non-hydrogen) atoms. The van der Waals surface area contributed by atoms with Crippen LogP contribution in [-0.2, 0) is 15.6 Å². The van der Waals surface area contributed by atoms with E-state index in [2.05, 4.69) is 54.5 Å². The fraction of sp³-hybridized carbons (Fsp3) is 0.435. The predicted molar refractivity (Wildman–Crippen MR) is 102 cm³/mol. The van der Waals surface area contributed by atoms with Crippen molar-refractivity contribution in [2.75, 3.05) is 0 Å². The van der Waals surface area contributed by atoms with Crippen LogP contribution in [0.3, 0.4) is 0 Å². The summed E-state index contributed by atoms with van der Waals surface area (Å²) in [4.78, 5) is 12.8. The van der Waals surface area contributed by atoms with E-state index in [1.165, 1.54) is 11.1 Å². The Kier molecular flexibility index (Phi) is 4.06. The van der Waals surface area contributed by atoms with E-state index in [1.807, 2.05) is 30.3 Å². The largest absolute Gasteiger partial charge is 0.425 e. The van der Waals surface area contributed by atoms with Crippen molar-refractivity contribution in [3.63, 3.8) is 0 Å². The molecule has 1 heterocycles. The lowest BCUT2D eigenvalue weighted by atomic mass is 9.74. The third-order valence-electron chi connectivity index (χ3n) is 5.06. The molecule has 0 amide bonds. The Morgan fingerprint density at radius 3 is 1.96 bits per heavy atom. The average molecular weight is 336 g/mol. The van der Waals surface area contributed by atoms with Gasteiger partial charge in [-0.3, -0.25) is 4.79 Å². The van der Waals surface area contributed by atoms with Gasteiger partial charge in [0.05, 0.1) is 0 Å². The minimum atomic E-state index is -0.334. The summed E-state index contributed by atoms with van der Waals surface area (Å²) in [7, 11) is 0. The molecule has 2 nitrogen and oxygen atoms in total. The van der Waals surface area contributed by atoms with Crippen LogP contribution >= 0.6 is 0 Å². The number of carbonyl (C=O) groups excluding carboxylic acids is 1. The van der Waals surface area contributed by atoms with Crippen LogP contribution in [0, 0.1) is 6.92 Å². The number of rotatable bonds is 1. The van der Waals surface area contributed by atoms with Gasteiger partial charge in [-0.15, -0.1) is 0 Å². The molecule has 2 heteroatoms. The fourth-order valence-electron chi connectivity index (χ4n) is 3.80. The van der Waals surface area contributed by atoms with Crippen molar-refractivity contribution >= 4 is 5.97 Å². The van der Waals surface area contributed by atoms with Crippen LogP contribution in [0.4, 0.5) is 0 Å². The molecular weight excluding hydrogens is 308 g/mol. The van der Waals surface area contributed by atoms with Gasteiger partial charge in [0.15, 0.2) is 0 Å². The summed E-state index contributed by atoms with van der Waals surface area (Å²) in [6.45, 7) is 15.3. The second-order valence-electron chi connectivity index (χ2n) is 9.10. The minimum Gasteiger partial charge on any atom is -0.425 e. The van der Waals surface area contributed by atoms with E-state index in [1.54, 1.807) is 0 Å². The Bertz CT molecular complexity index is 818. The van der Waals surface area contributed by atoms with E-state index in [0.717, 1.165) is 22.4 Å². The Balaban J connectivity index is 2.35. The highest BCUT2D eigenvalue weighted by Crippen LogP contribution is 2.49. The van der Waals surface area contributed by atoms with Crippen LogP contribution in [0.5, 0.6) is 5.75 Å². The van der Waals surface area contributed by atoms with Crippen LogP contribution in [0.2, 0.25) is 0 Å². The smallest absolute Gasteiger partial charge is 0.323 e. The number of fused-ring (bicyclic) bond motifs is 1. The number of carbonyl (C=O) groups is 1. The van der Waals surface area contributed by atoms with Crippen LogP contribution in [0.15, 0.2) is 36.4 Å². The third-order valence-corrected chi connectivity index (χ3v) is 5.06. The topological polar surface area (TPSA) is 26.3 Å². The van der Waals surface area contributed by atoms with Gasteiger partial charge >= 0.3 is 5.97 Å². The first-order valence-corrected chi connectivity index (χ1v) is 8.97. The molecule has 0 N–H and O–H groups in total. The second-order valence-corrected chi connectivity index (χ2v) is 9.10. The molecule has 2 aromatic carbocycles. The highest BCUT2D eigenvalue weighted by molar-refractivity contribution is 5.91. The average Bonchev–Trinajstić information content (AvgIpc) is 2.83. The Morgan fingerprint density at radius 1 is 0.880 bits per heavy atom. The lowest BCUT2D eigenvalue weighted by molar-refractivity contribution is -0.133. The second kappa shape index (κ2) is 5.72. The molecule has 0 bridgehead atoms. The van der Waals surface area contributed by atoms with Gasteiger partial charge in [0.1, 0.15) is 11.7 Å². The monoisotopic (exact) mass is 336 g/mol. The molecule has 0 aromatic heterocycles. The highest BCUT2D eigenvalue weighted by atomic mass is 16.5. The van der Waals surface area contributed by atoms with Crippen molar-refractivity contribution < 1.29 is 9.53 Å². The number of ether oxygens (including phenoxy) is 1. The Morgan fingerprint density at radius 2 is 1.44 bits per heavy atom. The first-order valence-electron chi connectivity index (χ1n) is 8.97. The minimum absolute atomic E-state index is 0.00594. The number of benzene rings is 2. The van der Waals surface area contributed by atoms with Gasteiger partial charge in [-0.2, -0.15) is 0 Å². The summed E-state index contributed by atoms with van der Waals surface area (Å²) < 4.78 is 5.84. The van der Waals surface area contributed by atoms with Crippen LogP contribution in [-0.4, -0.2) is 5.97 Å². The van der Waals surface area contributed by atoms with E-state index in [-0.39, 0.29) is 22.7 Å². The van der Waals surface area contributed by atoms with Gasteiger partial charge in [0.2, 0.25) is 0 Å². The zero-order valence-corrected chi connectivity index (χ0v) is 16.4. The van der Waals surface area contributed by atoms with Gasteiger partial charge in [-0.1, -0.05) is 77.9 Å². The van der Waals surface area contributed by atoms with Crippen molar-refractivity contribution in [3.8, 4) is 5.75 Å². The van der Waals surface area contributed by atoms with Crippen LogP contribution in [0.1, 0.15) is 75.3 Å². The first kappa shape index (κ1) is 17.7. The SMILES string of the molecule is Cc1c(C(C)(C)C)cc(C(C)(C)C)c2c1C(c1ccccc1)C(=O)O2. The number of hydrogen-bond donors (Lipinski definition) is 0. The summed E-state index contributed by atoms with van der Waals surface area (Å²) in [6, 6.07) is 12.2. The van der Waals surface area contributed by atoms with E-state index >= 15 is 0 Å². The molecule has 0 fully saturated rings. The summed E-state index contributed by atoms with van der Waals surface area (Å²) in [6.07, 6.45) is 0. The molecule has 132 valence electrons. The van der Waals surface area contributed by atoms with Gasteiger partial charge in [0, 0.05) is 11.1 Å². The summed E-state index contributed by atoms with van der Waals surface area (Å²) in [5.74, 6) is 0.275. The molecule has 3 rings (SSSR count). The molecule has 1 aliphatic rings. The molecule has 2 aromatic rings. The van der Waals surface area contributed by atoms with E-state index in [4.69, 9.17) is 4.74 Å². The fourth-order valence-corrected chi connectivity index (χ4v) is 3.80. The lowest BCUT2D eigenvalue weighted by Gasteiger charge is -2.29. The maximum absolute atomic E-state index is 12.8. The van der Waals surface area contributed by atoms with Gasteiger partial charge < -0.3 is 4.74 Å². The molecule has 0 radical (unpaired) electrons. The van der Waals surface area contributed by atoms with Gasteiger partial charge in [0.25, 0.3) is 0 Å². The number of hydrogen-bond acceptors (Lipinski definition) is 2. The standard InChI is InChI=1S/C23H28O2/c1-14-16(22(2,3)4)13-17(23(5,6)7)20-18(14)19(21(24)25-20)15-11-9-8-10-12-15/h8-13,19H,1-7H3. The van der Waals surface area contributed by atoms with Gasteiger partial charge in [-0.05, 0) is 34.4 Å². The van der Waals surface area contributed by atoms with Crippen molar-refractivity contribution in [1.82, 2.24) is 0 Å². The molecular formula is C23H28O2. The van der Waals surface area contributed by atoms with E-state index in [0.29, 0.717) is 0 Å². The Hall–Kier alpha value is -2.09. The molecule has 1 unspecified atom stereocenters. The lowest BCUT2D eigenvalue weighted by Crippen LogP contribution is -2.19. The van der Waals surface area contributed by atoms with E-state index in [9.17, 15) is 4.79 Å². The first-order chi connectivity index (χ1) is 11.5. The van der Waals surface area contributed by atoms with Crippen LogP contribution in [0.25, 0.3) is 0 Å². The van der Waals surface area contributed by atoms with Crippen LogP contribution < -0.4 is 4.74 Å². The van der Waals surface area contributed by atoms with Crippen molar-refractivity contribution in [2.45, 2.75) is 65.2 Å². The third kappa shape index (κ3) is 2.99. The van der Waals surface area contributed by atoms with Crippen molar-refractivity contribution in [1.29, 1.82) is 0 Å². The van der Waals surface area contributed by atoms with Crippen molar-refractivity contribution in [3.05, 3.63) is 64.2 Å². The van der Waals surface area contributed by atoms with Crippen molar-refractivity contribution in [2.24, 2.45) is 0 Å². The molecule has 0 spiro atoms. The zero-order valence-electron chi connectivity index (χ0n) is 16.4. The summed E-state index contributed by atoms with van der Waals surface area (Å²) in [5.41, 5.74) is 5.54. The highest BCUT2D eigenvalue weighted by Gasteiger charge is 2.41. The van der Waals surface area contributed by atoms with Gasteiger partial charge in [-0.25, -0.2) is 0 Å². The molecule has 0 saturated heterocycles. The predicted octanol–water partition coefficient (Wildman–Crippen LogP) is 5.64. The molecule has 0 saturated carbocycles. The zero-order chi connectivity index (χ0) is 18.6. The van der Waals surface area contributed by atoms with E-state index < -0.39 is 0 Å². The number of esters is 1. The molecule has 1 atom stereocenters. The Labute approximate surface area is 151 Å². The maximum atomic E-state index is 12.8. The molecule has 0 aliphatic carbocycles. The molecule has 1 aliphatic heterocycles. The normalized spacial score (nSPS) is 17.4. The maximum Gasteiger partial charge on any atom is 0.323 e. The summed E-state index contributed by atoms with van der Waals surface area (Å²) >= 11 is 0. The summed E-state index contributed by atoms with van der Waals surface area (Å²) in [5, 5.41) is 0.